The number of carboxylic acids is 1. The van der Waals surface area contributed by atoms with Crippen molar-refractivity contribution >= 4 is 16.9 Å². The van der Waals surface area contributed by atoms with Crippen molar-refractivity contribution in [1.29, 1.82) is 0 Å². The molecule has 2 rings (SSSR count). The van der Waals surface area contributed by atoms with E-state index in [4.69, 9.17) is 10.8 Å². The van der Waals surface area contributed by atoms with E-state index in [0.29, 0.717) is 6.42 Å². The number of nitrogens with two attached hydrogens (primary N) is 1. The molecule has 1 aromatic heterocycles. The van der Waals surface area contributed by atoms with Gasteiger partial charge in [0, 0.05) is 36.1 Å². The minimum absolute atomic E-state index is 0.102. The zero-order valence-corrected chi connectivity index (χ0v) is 11.6. The Hall–Kier alpha value is -1.81. The van der Waals surface area contributed by atoms with Gasteiger partial charge in [-0.25, -0.2) is 0 Å². The standard InChI is InChI=1S/C15H20N2O2/c1-9-10(2)17(3)14-8-11(4-5-12(9)14)13(16)6-7-15(18)19/h4-5,8,13H,6-7,16H2,1-3H3,(H,18,19). The van der Waals surface area contributed by atoms with E-state index in [1.807, 2.05) is 13.1 Å². The highest BCUT2D eigenvalue weighted by atomic mass is 16.4. The Morgan fingerprint density at radius 2 is 2.11 bits per heavy atom. The van der Waals surface area contributed by atoms with Gasteiger partial charge < -0.3 is 15.4 Å². The van der Waals surface area contributed by atoms with E-state index in [1.54, 1.807) is 0 Å². The first-order valence-corrected chi connectivity index (χ1v) is 6.44. The first-order chi connectivity index (χ1) is 8.91. The number of nitrogens with zero attached hydrogens (tertiary/aromatic N) is 1. The number of aromatic nitrogens is 1. The van der Waals surface area contributed by atoms with Gasteiger partial charge in [-0.1, -0.05) is 12.1 Å². The topological polar surface area (TPSA) is 68.2 Å². The SMILES string of the molecule is Cc1c(C)n(C)c2cc(C(N)CCC(=O)O)ccc12. The molecule has 1 heterocycles. The molecule has 0 bridgehead atoms. The third-order valence-electron chi connectivity index (χ3n) is 3.93. The summed E-state index contributed by atoms with van der Waals surface area (Å²) in [6.07, 6.45) is 0.563. The molecule has 0 aliphatic heterocycles. The molecular weight excluding hydrogens is 240 g/mol. The third kappa shape index (κ3) is 2.49. The number of rotatable bonds is 4. The van der Waals surface area contributed by atoms with Crippen LogP contribution in [0.25, 0.3) is 10.9 Å². The molecule has 0 radical (unpaired) electrons. The van der Waals surface area contributed by atoms with Crippen LogP contribution in [0.4, 0.5) is 0 Å². The van der Waals surface area contributed by atoms with Crippen LogP contribution in [0, 0.1) is 13.8 Å². The number of hydrogen-bond acceptors (Lipinski definition) is 2. The summed E-state index contributed by atoms with van der Waals surface area (Å²) in [5.74, 6) is -0.804. The molecule has 0 amide bonds. The van der Waals surface area contributed by atoms with Crippen LogP contribution in [0.5, 0.6) is 0 Å². The molecule has 1 aromatic carbocycles. The minimum Gasteiger partial charge on any atom is -0.481 e. The molecule has 102 valence electrons. The van der Waals surface area contributed by atoms with E-state index in [-0.39, 0.29) is 12.5 Å². The average molecular weight is 260 g/mol. The smallest absolute Gasteiger partial charge is 0.303 e. The first-order valence-electron chi connectivity index (χ1n) is 6.44. The number of carbonyl (C=O) groups is 1. The fourth-order valence-electron chi connectivity index (χ4n) is 2.45. The second kappa shape index (κ2) is 5.05. The number of hydrogen-bond donors (Lipinski definition) is 2. The summed E-state index contributed by atoms with van der Waals surface area (Å²) >= 11 is 0. The molecule has 0 spiro atoms. The van der Waals surface area contributed by atoms with E-state index in [2.05, 4.69) is 30.5 Å². The van der Waals surface area contributed by atoms with Gasteiger partial charge >= 0.3 is 5.97 Å². The van der Waals surface area contributed by atoms with Gasteiger partial charge in [-0.2, -0.15) is 0 Å². The molecule has 3 N–H and O–H groups in total. The van der Waals surface area contributed by atoms with Crippen molar-refractivity contribution < 1.29 is 9.90 Å². The number of aryl methyl sites for hydroxylation is 2. The van der Waals surface area contributed by atoms with Crippen molar-refractivity contribution in [2.24, 2.45) is 12.8 Å². The lowest BCUT2D eigenvalue weighted by Gasteiger charge is -2.11. The highest BCUT2D eigenvalue weighted by Crippen LogP contribution is 2.27. The maximum Gasteiger partial charge on any atom is 0.303 e. The highest BCUT2D eigenvalue weighted by Gasteiger charge is 2.12. The van der Waals surface area contributed by atoms with Gasteiger partial charge in [0.15, 0.2) is 0 Å². The zero-order chi connectivity index (χ0) is 14.2. The number of fused-ring (bicyclic) bond motifs is 1. The van der Waals surface area contributed by atoms with Crippen LogP contribution in [0.2, 0.25) is 0 Å². The lowest BCUT2D eigenvalue weighted by atomic mass is 10.0. The Bertz CT molecular complexity index is 629. The summed E-state index contributed by atoms with van der Waals surface area (Å²) in [6.45, 7) is 4.21. The van der Waals surface area contributed by atoms with E-state index < -0.39 is 5.97 Å². The first kappa shape index (κ1) is 13.6. The summed E-state index contributed by atoms with van der Waals surface area (Å²) in [7, 11) is 2.04. The maximum absolute atomic E-state index is 10.6. The van der Waals surface area contributed by atoms with E-state index >= 15 is 0 Å². The van der Waals surface area contributed by atoms with Crippen LogP contribution in [-0.2, 0) is 11.8 Å². The predicted octanol–water partition coefficient (Wildman–Crippen LogP) is 2.66. The van der Waals surface area contributed by atoms with Gasteiger partial charge in [-0.15, -0.1) is 0 Å². The van der Waals surface area contributed by atoms with Crippen molar-refractivity contribution in [2.45, 2.75) is 32.7 Å². The molecule has 0 saturated heterocycles. The molecule has 2 aromatic rings. The third-order valence-corrected chi connectivity index (χ3v) is 3.93. The zero-order valence-electron chi connectivity index (χ0n) is 11.6. The molecule has 0 aliphatic carbocycles. The van der Waals surface area contributed by atoms with Crippen molar-refractivity contribution in [2.75, 3.05) is 0 Å². The summed E-state index contributed by atoms with van der Waals surface area (Å²) in [6, 6.07) is 5.92. The fraction of sp³-hybridized carbons (Fsp3) is 0.400. The molecule has 1 atom stereocenters. The summed E-state index contributed by atoms with van der Waals surface area (Å²) in [5.41, 5.74) is 10.7. The number of aliphatic carboxylic acids is 1. The van der Waals surface area contributed by atoms with Crippen molar-refractivity contribution in [3.63, 3.8) is 0 Å². The normalized spacial score (nSPS) is 12.8. The van der Waals surface area contributed by atoms with Gasteiger partial charge in [0.1, 0.15) is 0 Å². The van der Waals surface area contributed by atoms with Gasteiger partial charge in [0.05, 0.1) is 0 Å². The molecular formula is C15H20N2O2. The minimum atomic E-state index is -0.804. The summed E-state index contributed by atoms with van der Waals surface area (Å²) in [5, 5.41) is 9.94. The van der Waals surface area contributed by atoms with Crippen molar-refractivity contribution in [3.8, 4) is 0 Å². The molecule has 4 heteroatoms. The van der Waals surface area contributed by atoms with Crippen LogP contribution in [0.15, 0.2) is 18.2 Å². The quantitative estimate of drug-likeness (QED) is 0.888. The summed E-state index contributed by atoms with van der Waals surface area (Å²) < 4.78 is 2.15. The lowest BCUT2D eigenvalue weighted by molar-refractivity contribution is -0.137. The Morgan fingerprint density at radius 1 is 1.42 bits per heavy atom. The Labute approximate surface area is 112 Å². The van der Waals surface area contributed by atoms with Gasteiger partial charge in [-0.3, -0.25) is 4.79 Å². The van der Waals surface area contributed by atoms with Crippen LogP contribution in [-0.4, -0.2) is 15.6 Å². The van der Waals surface area contributed by atoms with Crippen molar-refractivity contribution in [3.05, 3.63) is 35.0 Å². The van der Waals surface area contributed by atoms with Crippen LogP contribution >= 0.6 is 0 Å². The van der Waals surface area contributed by atoms with E-state index in [9.17, 15) is 4.79 Å². The van der Waals surface area contributed by atoms with E-state index in [0.717, 1.165) is 11.1 Å². The second-order valence-electron chi connectivity index (χ2n) is 5.08. The van der Waals surface area contributed by atoms with Gasteiger partial charge in [0.25, 0.3) is 0 Å². The monoisotopic (exact) mass is 260 g/mol. The van der Waals surface area contributed by atoms with Gasteiger partial charge in [-0.05, 0) is 37.5 Å². The summed E-state index contributed by atoms with van der Waals surface area (Å²) in [4.78, 5) is 10.6. The molecule has 0 aliphatic rings. The van der Waals surface area contributed by atoms with Crippen LogP contribution < -0.4 is 5.73 Å². The molecule has 0 saturated carbocycles. The number of benzene rings is 1. The molecule has 1 unspecified atom stereocenters. The molecule has 19 heavy (non-hydrogen) atoms. The Kier molecular flexibility index (Phi) is 3.62. The molecule has 4 nitrogen and oxygen atoms in total. The number of carboxylic acid groups (broad SMARTS) is 1. The van der Waals surface area contributed by atoms with Crippen molar-refractivity contribution in [1.82, 2.24) is 4.57 Å². The maximum atomic E-state index is 10.6. The largest absolute Gasteiger partial charge is 0.481 e. The van der Waals surface area contributed by atoms with E-state index in [1.165, 1.54) is 16.6 Å². The predicted molar refractivity (Wildman–Crippen MR) is 76.2 cm³/mol. The Morgan fingerprint density at radius 3 is 2.74 bits per heavy atom. The molecule has 0 fully saturated rings. The van der Waals surface area contributed by atoms with Crippen LogP contribution in [0.1, 0.15) is 35.7 Å². The second-order valence-corrected chi connectivity index (χ2v) is 5.08. The average Bonchev–Trinajstić information content (AvgIpc) is 2.61. The lowest BCUT2D eigenvalue weighted by Crippen LogP contribution is -2.12. The fourth-order valence-corrected chi connectivity index (χ4v) is 2.45. The van der Waals surface area contributed by atoms with Crippen LogP contribution in [0.3, 0.4) is 0 Å². The Balaban J connectivity index is 2.36. The van der Waals surface area contributed by atoms with Gasteiger partial charge in [0.2, 0.25) is 0 Å². The highest BCUT2D eigenvalue weighted by molar-refractivity contribution is 5.85.